The van der Waals surface area contributed by atoms with E-state index in [0.717, 1.165) is 17.3 Å². The fraction of sp³-hybridized carbons (Fsp3) is 0.189. The number of nitrogens with one attached hydrogen (secondary N) is 2. The molecule has 0 bridgehead atoms. The number of carbonyl (C=O) groups is 7. The van der Waals surface area contributed by atoms with Gasteiger partial charge in [-0.25, -0.2) is 22.4 Å². The number of anilines is 1. The number of hydrogen-bond acceptors (Lipinski definition) is 11. The molecule has 6 aromatic rings. The van der Waals surface area contributed by atoms with Gasteiger partial charge in [-0.15, -0.1) is 23.5 Å². The SMILES string of the molecule is C[C@@H](NC(=O)COc1ccc([C@]2(c3ccc(F)cc3)NC(=O)[C@@H]2SCC(=O)c2ccc(F)cc2)cc1)C(=O)O.O=C(O)COc1ccc([C@@H]2[C@@H](SCC(=O)c3ccc(F)cc3)C(=O)N2c2ccc(F)cc2)cc1. The lowest BCUT2D eigenvalue weighted by Gasteiger charge is -2.49. The molecule has 2 aliphatic heterocycles. The van der Waals surface area contributed by atoms with Gasteiger partial charge in [0.1, 0.15) is 56.8 Å². The molecule has 20 heteroatoms. The number of ketones is 2. The van der Waals surface area contributed by atoms with Crippen LogP contribution in [-0.4, -0.2) is 92.7 Å². The number of carboxylic acids is 2. The van der Waals surface area contributed by atoms with Crippen LogP contribution in [0.5, 0.6) is 11.5 Å². The van der Waals surface area contributed by atoms with E-state index in [2.05, 4.69) is 10.6 Å². The molecule has 6 aromatic carbocycles. The van der Waals surface area contributed by atoms with Crippen LogP contribution in [0.25, 0.3) is 0 Å². The first-order valence-electron chi connectivity index (χ1n) is 22.1. The largest absolute Gasteiger partial charge is 0.484 e. The maximum atomic E-state index is 13.7. The Bertz CT molecular complexity index is 2990. The molecular weight excluding hydrogens is 995 g/mol. The van der Waals surface area contributed by atoms with Crippen molar-refractivity contribution in [1.82, 2.24) is 10.6 Å². The van der Waals surface area contributed by atoms with E-state index >= 15 is 0 Å². The first-order valence-corrected chi connectivity index (χ1v) is 24.2. The molecule has 3 amide bonds. The quantitative estimate of drug-likeness (QED) is 0.0328. The van der Waals surface area contributed by atoms with Crippen LogP contribution < -0.4 is 25.0 Å². The average Bonchev–Trinajstić information content (AvgIpc) is 3.37. The molecule has 0 saturated carbocycles. The van der Waals surface area contributed by atoms with E-state index in [1.807, 2.05) is 0 Å². The normalized spacial score (nSPS) is 18.1. The molecule has 14 nitrogen and oxygen atoms in total. The topological polar surface area (TPSA) is 206 Å². The number of rotatable bonds is 20. The minimum atomic E-state index is -1.17. The number of hydrogen-bond donors (Lipinski definition) is 4. The van der Waals surface area contributed by atoms with Crippen molar-refractivity contribution in [2.24, 2.45) is 0 Å². The Morgan fingerprint density at radius 2 is 1.07 bits per heavy atom. The summed E-state index contributed by atoms with van der Waals surface area (Å²) in [6.07, 6.45) is 0. The number of carbonyl (C=O) groups excluding carboxylic acids is 5. The van der Waals surface area contributed by atoms with Crippen molar-refractivity contribution in [3.05, 3.63) is 197 Å². The lowest BCUT2D eigenvalue weighted by molar-refractivity contribution is -0.141. The molecule has 2 saturated heterocycles. The third kappa shape index (κ3) is 12.7. The van der Waals surface area contributed by atoms with E-state index in [1.165, 1.54) is 109 Å². The Morgan fingerprint density at radius 3 is 1.55 bits per heavy atom. The van der Waals surface area contributed by atoms with Gasteiger partial charge in [-0.2, -0.15) is 0 Å². The minimum Gasteiger partial charge on any atom is -0.484 e. The Labute approximate surface area is 423 Å². The maximum Gasteiger partial charge on any atom is 0.341 e. The monoisotopic (exact) mass is 1040 g/mol. The Kier molecular flexibility index (Phi) is 17.0. The van der Waals surface area contributed by atoms with E-state index in [1.54, 1.807) is 60.7 Å². The van der Waals surface area contributed by atoms with Crippen molar-refractivity contribution in [3.63, 3.8) is 0 Å². The fourth-order valence-electron chi connectivity index (χ4n) is 7.79. The van der Waals surface area contributed by atoms with Crippen LogP contribution in [0.15, 0.2) is 146 Å². The maximum absolute atomic E-state index is 13.7. The van der Waals surface area contributed by atoms with Crippen molar-refractivity contribution in [2.75, 3.05) is 29.6 Å². The van der Waals surface area contributed by atoms with E-state index in [0.29, 0.717) is 39.4 Å². The zero-order valence-electron chi connectivity index (χ0n) is 38.3. The fourth-order valence-corrected chi connectivity index (χ4v) is 10.3. The highest BCUT2D eigenvalue weighted by molar-refractivity contribution is 8.01. The van der Waals surface area contributed by atoms with Gasteiger partial charge in [-0.05, 0) is 133 Å². The Balaban J connectivity index is 0.000000216. The van der Waals surface area contributed by atoms with Crippen LogP contribution in [0.2, 0.25) is 0 Å². The van der Waals surface area contributed by atoms with Gasteiger partial charge in [0.15, 0.2) is 24.8 Å². The van der Waals surface area contributed by atoms with Gasteiger partial charge in [0.2, 0.25) is 11.8 Å². The molecule has 2 aliphatic rings. The molecule has 0 unspecified atom stereocenters. The molecule has 376 valence electrons. The summed E-state index contributed by atoms with van der Waals surface area (Å²) in [5.74, 6) is -5.02. The lowest BCUT2D eigenvalue weighted by atomic mass is 9.74. The summed E-state index contributed by atoms with van der Waals surface area (Å²) in [6, 6.07) is 33.3. The van der Waals surface area contributed by atoms with Crippen LogP contribution in [0.3, 0.4) is 0 Å². The molecular formula is C53H43F4N3O11S2. The number of ether oxygens (including phenoxy) is 2. The van der Waals surface area contributed by atoms with E-state index in [4.69, 9.17) is 19.7 Å². The summed E-state index contributed by atoms with van der Waals surface area (Å²) < 4.78 is 64.1. The highest BCUT2D eigenvalue weighted by atomic mass is 32.2. The summed E-state index contributed by atoms with van der Waals surface area (Å²) in [5, 5.41) is 21.6. The summed E-state index contributed by atoms with van der Waals surface area (Å²) in [7, 11) is 0. The molecule has 2 fully saturated rings. The second-order valence-electron chi connectivity index (χ2n) is 16.4. The number of thioether (sulfide) groups is 2. The lowest BCUT2D eigenvalue weighted by Crippen LogP contribution is -2.69. The summed E-state index contributed by atoms with van der Waals surface area (Å²) >= 11 is 2.31. The van der Waals surface area contributed by atoms with Crippen LogP contribution in [0.4, 0.5) is 23.2 Å². The molecule has 0 aliphatic carbocycles. The second kappa shape index (κ2) is 23.5. The third-order valence-corrected chi connectivity index (χ3v) is 14.1. The van der Waals surface area contributed by atoms with Gasteiger partial charge < -0.3 is 35.2 Å². The van der Waals surface area contributed by atoms with Crippen LogP contribution in [0, 0.1) is 23.3 Å². The zero-order valence-corrected chi connectivity index (χ0v) is 40.0. The number of carboxylic acid groups (broad SMARTS) is 2. The zero-order chi connectivity index (χ0) is 52.4. The summed E-state index contributed by atoms with van der Waals surface area (Å²) in [6.45, 7) is 0.451. The van der Waals surface area contributed by atoms with E-state index in [-0.39, 0.29) is 34.9 Å². The predicted octanol–water partition coefficient (Wildman–Crippen LogP) is 7.79. The smallest absolute Gasteiger partial charge is 0.341 e. The molecule has 73 heavy (non-hydrogen) atoms. The molecule has 5 atom stereocenters. The third-order valence-electron chi connectivity index (χ3n) is 11.5. The number of halogens is 4. The number of aliphatic carboxylic acids is 2. The summed E-state index contributed by atoms with van der Waals surface area (Å²) in [5.41, 5.74) is 2.10. The van der Waals surface area contributed by atoms with Gasteiger partial charge in [0.25, 0.3) is 5.91 Å². The predicted molar refractivity (Wildman–Crippen MR) is 263 cm³/mol. The van der Waals surface area contributed by atoms with Crippen molar-refractivity contribution in [2.45, 2.75) is 35.0 Å². The van der Waals surface area contributed by atoms with E-state index < -0.39 is 82.5 Å². The Hall–Kier alpha value is -7.97. The van der Waals surface area contributed by atoms with E-state index in [9.17, 15) is 51.1 Å². The molecule has 2 heterocycles. The number of nitrogens with zero attached hydrogens (tertiary/aromatic N) is 1. The van der Waals surface area contributed by atoms with Gasteiger partial charge in [-0.3, -0.25) is 28.8 Å². The van der Waals surface area contributed by atoms with Crippen molar-refractivity contribution < 1.29 is 70.8 Å². The number of β-lactam (4-membered cyclic amide) rings is 2. The Morgan fingerprint density at radius 1 is 0.630 bits per heavy atom. The van der Waals surface area contributed by atoms with Crippen molar-refractivity contribution >= 4 is 70.4 Å². The van der Waals surface area contributed by atoms with Gasteiger partial charge in [0, 0.05) is 16.8 Å². The molecule has 0 aromatic heterocycles. The van der Waals surface area contributed by atoms with Crippen LogP contribution in [0.1, 0.15) is 50.4 Å². The number of Topliss-reactive ketones (excluding diaryl/α,β-unsaturated/α-hetero) is 2. The molecule has 0 radical (unpaired) electrons. The van der Waals surface area contributed by atoms with Crippen molar-refractivity contribution in [1.29, 1.82) is 0 Å². The van der Waals surface area contributed by atoms with Gasteiger partial charge in [-0.1, -0.05) is 36.4 Å². The number of benzene rings is 6. The van der Waals surface area contributed by atoms with Crippen LogP contribution >= 0.6 is 23.5 Å². The highest BCUT2D eigenvalue weighted by Gasteiger charge is 2.56. The first kappa shape index (κ1) is 52.8. The average molecular weight is 1040 g/mol. The van der Waals surface area contributed by atoms with Crippen LogP contribution in [-0.2, 0) is 29.5 Å². The highest BCUT2D eigenvalue weighted by Crippen LogP contribution is 2.47. The molecule has 4 N–H and O–H groups in total. The first-order chi connectivity index (χ1) is 34.9. The number of amides is 3. The van der Waals surface area contributed by atoms with Gasteiger partial charge >= 0.3 is 11.9 Å². The minimum absolute atomic E-state index is 0.0234. The van der Waals surface area contributed by atoms with Crippen molar-refractivity contribution in [3.8, 4) is 11.5 Å². The molecule has 8 rings (SSSR count). The second-order valence-corrected chi connectivity index (χ2v) is 18.6. The summed E-state index contributed by atoms with van der Waals surface area (Å²) in [4.78, 5) is 86.1. The van der Waals surface area contributed by atoms with Gasteiger partial charge in [0.05, 0.1) is 17.5 Å². The standard InChI is InChI=1S/C28H24F2N2O6S.C25H19F2NO5S/c1-16(27(36)37)31-24(34)14-38-22-12-6-19(7-13-22)28(18-4-10-21(30)11-5-18)25(26(35)32-28)39-15-23(33)17-2-8-20(29)9-3-17;26-17-5-1-15(2-6-17)21(29)14-34-24-23(16-3-11-20(12-4-16)33-13-22(30)31)28(25(24)32)19-9-7-18(27)8-10-19/h2-13,16,25H,14-15H2,1H3,(H,31,34)(H,32,35)(H,36,37);1-12,23-24H,13-14H2,(H,30,31)/t16-,25+,28+;23-,24-/m11/s1. The molecule has 0 spiro atoms.